The molecule has 1 aromatic carbocycles. The topological polar surface area (TPSA) is 29.3 Å². The molecular formula is C15H26N2S. The highest BCUT2D eigenvalue weighted by molar-refractivity contribution is 7.99. The molecule has 0 aliphatic carbocycles. The van der Waals surface area contributed by atoms with Crippen LogP contribution in [0.4, 0.5) is 0 Å². The Morgan fingerprint density at radius 2 is 1.72 bits per heavy atom. The minimum absolute atomic E-state index is 0.180. The second kappa shape index (κ2) is 8.57. The number of benzene rings is 1. The molecule has 1 aromatic rings. The van der Waals surface area contributed by atoms with Gasteiger partial charge in [0.05, 0.1) is 0 Å². The van der Waals surface area contributed by atoms with Crippen LogP contribution in [0.3, 0.4) is 0 Å². The summed E-state index contributed by atoms with van der Waals surface area (Å²) in [6.45, 7) is 10.00. The van der Waals surface area contributed by atoms with Gasteiger partial charge in [-0.3, -0.25) is 0 Å². The minimum Gasteiger partial charge on any atom is -0.324 e. The average Bonchev–Trinajstić information content (AvgIpc) is 2.43. The van der Waals surface area contributed by atoms with E-state index < -0.39 is 0 Å². The van der Waals surface area contributed by atoms with E-state index in [1.165, 1.54) is 10.5 Å². The summed E-state index contributed by atoms with van der Waals surface area (Å²) >= 11 is 1.93. The van der Waals surface area contributed by atoms with Crippen molar-refractivity contribution in [2.75, 3.05) is 25.4 Å². The largest absolute Gasteiger partial charge is 0.324 e. The van der Waals surface area contributed by atoms with Crippen molar-refractivity contribution in [3.63, 3.8) is 0 Å². The van der Waals surface area contributed by atoms with Crippen LogP contribution in [0.2, 0.25) is 0 Å². The molecule has 0 unspecified atom stereocenters. The van der Waals surface area contributed by atoms with Crippen molar-refractivity contribution in [2.45, 2.75) is 38.1 Å². The summed E-state index contributed by atoms with van der Waals surface area (Å²) in [7, 11) is 0. The van der Waals surface area contributed by atoms with Crippen LogP contribution in [0.5, 0.6) is 0 Å². The number of hydrogen-bond donors (Lipinski definition) is 1. The quantitative estimate of drug-likeness (QED) is 0.730. The van der Waals surface area contributed by atoms with Gasteiger partial charge in [-0.15, -0.1) is 11.8 Å². The molecule has 0 saturated heterocycles. The van der Waals surface area contributed by atoms with Crippen LogP contribution in [0, 0.1) is 0 Å². The van der Waals surface area contributed by atoms with Gasteiger partial charge in [0.1, 0.15) is 0 Å². The van der Waals surface area contributed by atoms with Crippen LogP contribution in [-0.2, 0) is 0 Å². The van der Waals surface area contributed by atoms with Crippen molar-refractivity contribution in [2.24, 2.45) is 5.73 Å². The highest BCUT2D eigenvalue weighted by Gasteiger charge is 2.03. The fourth-order valence-electron chi connectivity index (χ4n) is 1.88. The maximum atomic E-state index is 6.01. The Balaban J connectivity index is 2.39. The van der Waals surface area contributed by atoms with Crippen LogP contribution < -0.4 is 5.73 Å². The summed E-state index contributed by atoms with van der Waals surface area (Å²) in [6, 6.07) is 8.89. The van der Waals surface area contributed by atoms with Gasteiger partial charge in [-0.25, -0.2) is 0 Å². The van der Waals surface area contributed by atoms with Crippen molar-refractivity contribution in [1.29, 1.82) is 0 Å². The number of nitrogens with two attached hydrogens (primary N) is 1. The van der Waals surface area contributed by atoms with Gasteiger partial charge >= 0.3 is 0 Å². The lowest BCUT2D eigenvalue weighted by molar-refractivity contribution is 0.324. The molecule has 0 aromatic heterocycles. The molecule has 1 rings (SSSR count). The second-order valence-corrected chi connectivity index (χ2v) is 5.63. The van der Waals surface area contributed by atoms with Gasteiger partial charge in [0.15, 0.2) is 0 Å². The zero-order valence-electron chi connectivity index (χ0n) is 11.9. The zero-order chi connectivity index (χ0) is 13.4. The number of nitrogens with zero attached hydrogens (tertiary/aromatic N) is 1. The maximum absolute atomic E-state index is 6.01. The number of thioether (sulfide) groups is 1. The van der Waals surface area contributed by atoms with Crippen molar-refractivity contribution < 1.29 is 0 Å². The van der Waals surface area contributed by atoms with Crippen molar-refractivity contribution in [3.05, 3.63) is 29.8 Å². The van der Waals surface area contributed by atoms with E-state index in [0.717, 1.165) is 31.8 Å². The fraction of sp³-hybridized carbons (Fsp3) is 0.600. The lowest BCUT2D eigenvalue weighted by atomic mass is 10.1. The van der Waals surface area contributed by atoms with E-state index in [1.807, 2.05) is 11.8 Å². The summed E-state index contributed by atoms with van der Waals surface area (Å²) in [4.78, 5) is 3.79. The van der Waals surface area contributed by atoms with Gasteiger partial charge in [-0.05, 0) is 37.2 Å². The van der Waals surface area contributed by atoms with Gasteiger partial charge in [0, 0.05) is 23.2 Å². The normalized spacial score (nSPS) is 12.9. The van der Waals surface area contributed by atoms with Crippen LogP contribution in [-0.4, -0.2) is 30.3 Å². The molecule has 0 heterocycles. The van der Waals surface area contributed by atoms with E-state index in [2.05, 4.69) is 49.9 Å². The molecular weight excluding hydrogens is 240 g/mol. The predicted molar refractivity (Wildman–Crippen MR) is 82.2 cm³/mol. The number of rotatable bonds is 8. The van der Waals surface area contributed by atoms with Gasteiger partial charge < -0.3 is 10.6 Å². The molecule has 1 atom stereocenters. The lowest BCUT2D eigenvalue weighted by Gasteiger charge is -2.17. The van der Waals surface area contributed by atoms with E-state index in [4.69, 9.17) is 5.73 Å². The van der Waals surface area contributed by atoms with Crippen LogP contribution in [0.25, 0.3) is 0 Å². The van der Waals surface area contributed by atoms with Gasteiger partial charge in [0.25, 0.3) is 0 Å². The van der Waals surface area contributed by atoms with Crippen molar-refractivity contribution in [1.82, 2.24) is 4.90 Å². The third-order valence-corrected chi connectivity index (χ3v) is 4.31. The highest BCUT2D eigenvalue weighted by atomic mass is 32.2. The number of hydrogen-bond acceptors (Lipinski definition) is 3. The average molecular weight is 266 g/mol. The molecule has 102 valence electrons. The fourth-order valence-corrected chi connectivity index (χ4v) is 2.79. The van der Waals surface area contributed by atoms with Gasteiger partial charge in [-0.2, -0.15) is 0 Å². The molecule has 2 N–H and O–H groups in total. The van der Waals surface area contributed by atoms with E-state index in [0.29, 0.717) is 0 Å². The Morgan fingerprint density at radius 1 is 1.11 bits per heavy atom. The highest BCUT2D eigenvalue weighted by Crippen LogP contribution is 2.21. The first kappa shape index (κ1) is 15.5. The van der Waals surface area contributed by atoms with Crippen LogP contribution in [0.15, 0.2) is 29.2 Å². The predicted octanol–water partition coefficient (Wildman–Crippen LogP) is 3.53. The van der Waals surface area contributed by atoms with E-state index in [9.17, 15) is 0 Å². The van der Waals surface area contributed by atoms with Gasteiger partial charge in [-0.1, -0.05) is 32.9 Å². The van der Waals surface area contributed by atoms with Crippen LogP contribution >= 0.6 is 11.8 Å². The standard InChI is InChI=1S/C15H26N2S/c1-4-15(16)13-7-9-14(10-8-13)18-12-11-17(5-2)6-3/h7-10,15H,4-6,11-12,16H2,1-3H3/t15-/m1/s1. The lowest BCUT2D eigenvalue weighted by Crippen LogP contribution is -2.25. The molecule has 0 aliphatic heterocycles. The molecule has 18 heavy (non-hydrogen) atoms. The van der Waals surface area contributed by atoms with Crippen molar-refractivity contribution in [3.8, 4) is 0 Å². The smallest absolute Gasteiger partial charge is 0.0292 e. The first-order valence-electron chi connectivity index (χ1n) is 6.91. The summed E-state index contributed by atoms with van der Waals surface area (Å²) in [5.74, 6) is 1.15. The Labute approximate surface area is 116 Å². The molecule has 0 spiro atoms. The summed E-state index contributed by atoms with van der Waals surface area (Å²) in [5, 5.41) is 0. The summed E-state index contributed by atoms with van der Waals surface area (Å²) in [5.41, 5.74) is 7.25. The third-order valence-electron chi connectivity index (χ3n) is 3.32. The Morgan fingerprint density at radius 3 is 2.22 bits per heavy atom. The van der Waals surface area contributed by atoms with E-state index in [1.54, 1.807) is 0 Å². The van der Waals surface area contributed by atoms with Gasteiger partial charge in [0.2, 0.25) is 0 Å². The van der Waals surface area contributed by atoms with E-state index in [-0.39, 0.29) is 6.04 Å². The molecule has 0 saturated carbocycles. The Hall–Kier alpha value is -0.510. The molecule has 0 fully saturated rings. The van der Waals surface area contributed by atoms with Crippen molar-refractivity contribution >= 4 is 11.8 Å². The first-order valence-corrected chi connectivity index (χ1v) is 7.90. The Bertz CT molecular complexity index is 320. The minimum atomic E-state index is 0.180. The second-order valence-electron chi connectivity index (χ2n) is 4.46. The SMILES string of the molecule is CC[C@@H](N)c1ccc(SCCN(CC)CC)cc1. The summed E-state index contributed by atoms with van der Waals surface area (Å²) < 4.78 is 0. The van der Waals surface area contributed by atoms with Crippen LogP contribution in [0.1, 0.15) is 38.8 Å². The molecule has 3 heteroatoms. The molecule has 0 aliphatic rings. The first-order chi connectivity index (χ1) is 8.71. The molecule has 0 radical (unpaired) electrons. The molecule has 0 amide bonds. The monoisotopic (exact) mass is 266 g/mol. The Kier molecular flexibility index (Phi) is 7.40. The summed E-state index contributed by atoms with van der Waals surface area (Å²) in [6.07, 6.45) is 0.994. The van der Waals surface area contributed by atoms with E-state index >= 15 is 0 Å². The molecule has 0 bridgehead atoms. The third kappa shape index (κ3) is 5.01. The zero-order valence-corrected chi connectivity index (χ0v) is 12.7. The molecule has 2 nitrogen and oxygen atoms in total. The maximum Gasteiger partial charge on any atom is 0.0292 e.